The number of aryl methyl sites for hydroxylation is 1. The number of carboxylic acid groups (broad SMARTS) is 1. The summed E-state index contributed by atoms with van der Waals surface area (Å²) in [7, 11) is 0. The zero-order valence-electron chi connectivity index (χ0n) is 17.4. The van der Waals surface area contributed by atoms with Crippen molar-refractivity contribution in [3.8, 4) is 11.5 Å². The Bertz CT molecular complexity index is 1230. The third-order valence-electron chi connectivity index (χ3n) is 5.15. The van der Waals surface area contributed by atoms with Crippen LogP contribution < -0.4 is 9.47 Å². The highest BCUT2D eigenvalue weighted by atomic mass is 19.4. The van der Waals surface area contributed by atoms with Crippen LogP contribution in [0.5, 0.6) is 11.5 Å². The third kappa shape index (κ3) is 5.52. The van der Waals surface area contributed by atoms with Gasteiger partial charge in [0.2, 0.25) is 0 Å². The van der Waals surface area contributed by atoms with Gasteiger partial charge in [-0.05, 0) is 54.5 Å². The zero-order valence-corrected chi connectivity index (χ0v) is 17.4. The lowest BCUT2D eigenvalue weighted by Gasteiger charge is -2.26. The van der Waals surface area contributed by atoms with Gasteiger partial charge in [0.05, 0.1) is 11.1 Å². The third-order valence-corrected chi connectivity index (χ3v) is 5.15. The van der Waals surface area contributed by atoms with Crippen molar-refractivity contribution in [3.05, 3.63) is 89.8 Å². The highest BCUT2D eigenvalue weighted by molar-refractivity contribution is 5.84. The van der Waals surface area contributed by atoms with E-state index in [-0.39, 0.29) is 30.8 Å². The smallest absolute Gasteiger partial charge is 0.416 e. The van der Waals surface area contributed by atoms with Crippen molar-refractivity contribution in [3.63, 3.8) is 0 Å². The molecule has 0 aliphatic heterocycles. The van der Waals surface area contributed by atoms with Gasteiger partial charge in [0, 0.05) is 24.4 Å². The zero-order chi connectivity index (χ0) is 23.4. The normalized spacial score (nSPS) is 16.2. The molecule has 4 rings (SSSR count). The Morgan fingerprint density at radius 3 is 2.73 bits per heavy atom. The van der Waals surface area contributed by atoms with Crippen LogP contribution in [0, 0.1) is 0 Å². The maximum absolute atomic E-state index is 13.8. The molecule has 1 aliphatic rings. The second-order valence-corrected chi connectivity index (χ2v) is 7.52. The first-order chi connectivity index (χ1) is 15.8. The number of para-hydroxylation sites is 1. The van der Waals surface area contributed by atoms with E-state index in [4.69, 9.17) is 14.6 Å². The van der Waals surface area contributed by atoms with Gasteiger partial charge >= 0.3 is 12.1 Å². The van der Waals surface area contributed by atoms with Gasteiger partial charge in [0.1, 0.15) is 23.4 Å². The summed E-state index contributed by atoms with van der Waals surface area (Å²) in [4.78, 5) is 15.0. The molecule has 1 unspecified atom stereocenters. The highest BCUT2D eigenvalue weighted by Gasteiger charge is 2.41. The van der Waals surface area contributed by atoms with E-state index < -0.39 is 23.8 Å². The molecule has 0 saturated heterocycles. The summed E-state index contributed by atoms with van der Waals surface area (Å²) in [6, 6.07) is 15.3. The number of pyridine rings is 1. The lowest BCUT2D eigenvalue weighted by atomic mass is 9.99. The molecule has 0 saturated carbocycles. The Balaban J connectivity index is 1.55. The Morgan fingerprint density at radius 1 is 1.12 bits per heavy atom. The fraction of sp³-hybridized carbons (Fsp3) is 0.200. The molecule has 3 aromatic rings. The van der Waals surface area contributed by atoms with Crippen LogP contribution in [0.2, 0.25) is 0 Å². The molecule has 8 heteroatoms. The monoisotopic (exact) mass is 455 g/mol. The number of allylic oxidation sites excluding steroid dienone is 1. The van der Waals surface area contributed by atoms with E-state index in [1.165, 1.54) is 0 Å². The standard InChI is InChI=1S/C25H20F3NO4/c26-25(27,28)20-15-18(32-22-12-13-29-21-7-2-1-6-19(21)22)9-10-23(20)33-17-5-3-4-16(14-17)8-11-24(30)31/h1-7,9,12-15,23H,8,10-11H2,(H,30,31). The SMILES string of the molecule is O=C(O)CCc1cccc(OC2CC=C(Oc3ccnc4ccccc34)C=C2C(F)(F)F)c1. The van der Waals surface area contributed by atoms with Gasteiger partial charge in [-0.1, -0.05) is 24.3 Å². The van der Waals surface area contributed by atoms with Gasteiger partial charge in [-0.2, -0.15) is 13.2 Å². The van der Waals surface area contributed by atoms with Gasteiger partial charge in [-0.3, -0.25) is 9.78 Å². The number of nitrogens with zero attached hydrogens (tertiary/aromatic N) is 1. The van der Waals surface area contributed by atoms with Gasteiger partial charge in [0.25, 0.3) is 0 Å². The van der Waals surface area contributed by atoms with Crippen LogP contribution in [-0.2, 0) is 11.2 Å². The molecule has 0 bridgehead atoms. The minimum absolute atomic E-state index is 0.0386. The summed E-state index contributed by atoms with van der Waals surface area (Å²) in [6.07, 6.45) is -1.66. The molecule has 1 atom stereocenters. The minimum Gasteiger partial charge on any atom is -0.485 e. The van der Waals surface area contributed by atoms with Crippen LogP contribution in [-0.4, -0.2) is 28.3 Å². The van der Waals surface area contributed by atoms with Gasteiger partial charge < -0.3 is 14.6 Å². The average Bonchev–Trinajstić information content (AvgIpc) is 2.78. The van der Waals surface area contributed by atoms with Crippen molar-refractivity contribution >= 4 is 16.9 Å². The first-order valence-corrected chi connectivity index (χ1v) is 10.3. The van der Waals surface area contributed by atoms with Crippen molar-refractivity contribution in [1.29, 1.82) is 0 Å². The van der Waals surface area contributed by atoms with Crippen LogP contribution in [0.15, 0.2) is 84.3 Å². The van der Waals surface area contributed by atoms with Crippen LogP contribution >= 0.6 is 0 Å². The molecule has 1 heterocycles. The summed E-state index contributed by atoms with van der Waals surface area (Å²) in [6.45, 7) is 0. The average molecular weight is 455 g/mol. The molecule has 2 aromatic carbocycles. The number of benzene rings is 2. The number of fused-ring (bicyclic) bond motifs is 1. The predicted octanol–water partition coefficient (Wildman–Crippen LogP) is 5.85. The molecule has 33 heavy (non-hydrogen) atoms. The molecule has 0 amide bonds. The van der Waals surface area contributed by atoms with Crippen molar-refractivity contribution in [2.75, 3.05) is 0 Å². The van der Waals surface area contributed by atoms with Gasteiger partial charge in [0.15, 0.2) is 0 Å². The van der Waals surface area contributed by atoms with Crippen molar-refractivity contribution in [1.82, 2.24) is 4.98 Å². The highest BCUT2D eigenvalue weighted by Crippen LogP contribution is 2.37. The molecule has 1 N–H and O–H groups in total. The lowest BCUT2D eigenvalue weighted by molar-refractivity contribution is -0.137. The molecule has 0 spiro atoms. The minimum atomic E-state index is -4.62. The largest absolute Gasteiger partial charge is 0.485 e. The number of hydrogen-bond donors (Lipinski definition) is 1. The molecule has 0 radical (unpaired) electrons. The number of aliphatic carboxylic acids is 1. The number of halogens is 3. The van der Waals surface area contributed by atoms with E-state index in [0.717, 1.165) is 6.08 Å². The number of rotatable bonds is 7. The molecule has 1 aliphatic carbocycles. The van der Waals surface area contributed by atoms with Crippen molar-refractivity contribution < 1.29 is 32.5 Å². The Hall–Kier alpha value is -3.81. The fourth-order valence-corrected chi connectivity index (χ4v) is 3.58. The number of aromatic nitrogens is 1. The summed E-state index contributed by atoms with van der Waals surface area (Å²) >= 11 is 0. The maximum Gasteiger partial charge on any atom is 0.416 e. The number of alkyl halides is 3. The first kappa shape index (κ1) is 22.4. The van der Waals surface area contributed by atoms with Gasteiger partial charge in [-0.15, -0.1) is 0 Å². The first-order valence-electron chi connectivity index (χ1n) is 10.3. The number of ether oxygens (including phenoxy) is 2. The van der Waals surface area contributed by atoms with E-state index in [0.29, 0.717) is 22.2 Å². The van der Waals surface area contributed by atoms with Crippen LogP contribution in [0.25, 0.3) is 10.9 Å². The van der Waals surface area contributed by atoms with Crippen LogP contribution in [0.1, 0.15) is 18.4 Å². The molecule has 5 nitrogen and oxygen atoms in total. The topological polar surface area (TPSA) is 68.7 Å². The molecular weight excluding hydrogens is 435 g/mol. The number of carbonyl (C=O) groups is 1. The summed E-state index contributed by atoms with van der Waals surface area (Å²) in [5, 5.41) is 9.53. The van der Waals surface area contributed by atoms with Crippen LogP contribution in [0.3, 0.4) is 0 Å². The Kier molecular flexibility index (Phi) is 6.35. The molecule has 170 valence electrons. The Morgan fingerprint density at radius 2 is 1.94 bits per heavy atom. The molecular formula is C25H20F3NO4. The summed E-state index contributed by atoms with van der Waals surface area (Å²) in [5.41, 5.74) is 0.497. The number of hydrogen-bond acceptors (Lipinski definition) is 4. The molecule has 0 fully saturated rings. The quantitative estimate of drug-likeness (QED) is 0.484. The summed E-state index contributed by atoms with van der Waals surface area (Å²) < 4.78 is 53.0. The summed E-state index contributed by atoms with van der Waals surface area (Å²) in [5.74, 6) is -0.213. The van der Waals surface area contributed by atoms with E-state index in [9.17, 15) is 18.0 Å². The van der Waals surface area contributed by atoms with E-state index >= 15 is 0 Å². The Labute approximate surface area is 187 Å². The second kappa shape index (κ2) is 9.36. The van der Waals surface area contributed by atoms with Crippen molar-refractivity contribution in [2.24, 2.45) is 0 Å². The van der Waals surface area contributed by atoms with E-state index in [1.807, 2.05) is 6.07 Å². The van der Waals surface area contributed by atoms with E-state index in [1.54, 1.807) is 60.8 Å². The second-order valence-electron chi connectivity index (χ2n) is 7.52. The molecule has 1 aromatic heterocycles. The predicted molar refractivity (Wildman–Crippen MR) is 116 cm³/mol. The maximum atomic E-state index is 13.8. The van der Waals surface area contributed by atoms with E-state index in [2.05, 4.69) is 4.98 Å². The fourth-order valence-electron chi connectivity index (χ4n) is 3.58. The lowest BCUT2D eigenvalue weighted by Crippen LogP contribution is -2.31. The van der Waals surface area contributed by atoms with Crippen LogP contribution in [0.4, 0.5) is 13.2 Å². The van der Waals surface area contributed by atoms with Crippen molar-refractivity contribution in [2.45, 2.75) is 31.5 Å². The van der Waals surface area contributed by atoms with Gasteiger partial charge in [-0.25, -0.2) is 0 Å². The number of carboxylic acids is 1.